The second-order valence-corrected chi connectivity index (χ2v) is 5.92. The number of imidazole rings is 1. The van der Waals surface area contributed by atoms with E-state index in [9.17, 15) is 13.0 Å². The Morgan fingerprint density at radius 1 is 1.40 bits per heavy atom. The maximum atomic E-state index is 10.6. The van der Waals surface area contributed by atoms with Crippen molar-refractivity contribution >= 4 is 33.2 Å². The van der Waals surface area contributed by atoms with Gasteiger partial charge in [-0.25, -0.2) is 8.42 Å². The van der Waals surface area contributed by atoms with Crippen molar-refractivity contribution in [3.05, 3.63) is 24.3 Å². The summed E-state index contributed by atoms with van der Waals surface area (Å²) in [4.78, 5) is 4.31. The van der Waals surface area contributed by atoms with Crippen LogP contribution in [0.25, 0.3) is 11.0 Å². The molecule has 0 amide bonds. The minimum atomic E-state index is -4.19. The number of hydrogen-bond donors (Lipinski definition) is 0. The van der Waals surface area contributed by atoms with Crippen LogP contribution in [0.5, 0.6) is 6.01 Å². The second-order valence-electron chi connectivity index (χ2n) is 3.90. The molecule has 0 aliphatic rings. The molecule has 1 heterocycles. The van der Waals surface area contributed by atoms with Gasteiger partial charge in [0, 0.05) is 18.6 Å². The molecule has 9 heteroatoms. The molecule has 0 aliphatic heterocycles. The number of aromatic nitrogens is 2. The first-order valence-electron chi connectivity index (χ1n) is 5.61. The van der Waals surface area contributed by atoms with Gasteiger partial charge in [0.2, 0.25) is 0 Å². The topological polar surface area (TPSA) is 84.2 Å². The molecule has 0 N–H and O–H groups in total. The van der Waals surface area contributed by atoms with Crippen molar-refractivity contribution < 1.29 is 46.7 Å². The van der Waals surface area contributed by atoms with Gasteiger partial charge >= 0.3 is 35.6 Å². The monoisotopic (exact) mass is 324 g/mol. The van der Waals surface area contributed by atoms with Gasteiger partial charge in [0.25, 0.3) is 0 Å². The first kappa shape index (κ1) is 17.8. The third-order valence-electron chi connectivity index (χ3n) is 2.55. The summed E-state index contributed by atoms with van der Waals surface area (Å²) < 4.78 is 39.0. The van der Waals surface area contributed by atoms with E-state index in [4.69, 9.17) is 4.18 Å². The molecule has 0 saturated heterocycles. The van der Waals surface area contributed by atoms with Crippen LogP contribution >= 0.6 is 12.0 Å². The van der Waals surface area contributed by atoms with Crippen molar-refractivity contribution in [2.75, 3.05) is 12.0 Å². The predicted molar refractivity (Wildman–Crippen MR) is 73.1 cm³/mol. The molecule has 20 heavy (non-hydrogen) atoms. The Morgan fingerprint density at radius 3 is 2.75 bits per heavy atom. The Bertz CT molecular complexity index is 672. The Hall–Kier alpha value is -0.250. The zero-order valence-corrected chi connectivity index (χ0v) is 14.9. The van der Waals surface area contributed by atoms with Crippen LogP contribution in [0.1, 0.15) is 6.42 Å². The molecular formula is C11H13N2NaO4S2. The molecule has 0 aliphatic carbocycles. The van der Waals surface area contributed by atoms with E-state index < -0.39 is 15.9 Å². The van der Waals surface area contributed by atoms with E-state index in [1.165, 1.54) is 0 Å². The SMILES string of the molecule is CSOc1nc2ccccc2n1CCCS(=O)(=O)[O-].[Na+]. The van der Waals surface area contributed by atoms with Crippen molar-refractivity contribution in [1.29, 1.82) is 0 Å². The van der Waals surface area contributed by atoms with Gasteiger partial charge in [-0.05, 0) is 18.6 Å². The fraction of sp³-hybridized carbons (Fsp3) is 0.364. The molecule has 1 aromatic heterocycles. The molecule has 0 saturated carbocycles. The molecule has 0 spiro atoms. The minimum absolute atomic E-state index is 0. The van der Waals surface area contributed by atoms with Crippen molar-refractivity contribution in [1.82, 2.24) is 9.55 Å². The van der Waals surface area contributed by atoms with E-state index in [0.717, 1.165) is 23.1 Å². The zero-order valence-electron chi connectivity index (χ0n) is 11.3. The maximum Gasteiger partial charge on any atom is 1.00 e. The minimum Gasteiger partial charge on any atom is -0.748 e. The molecule has 0 radical (unpaired) electrons. The number of benzene rings is 1. The zero-order chi connectivity index (χ0) is 13.9. The summed E-state index contributed by atoms with van der Waals surface area (Å²) in [6, 6.07) is 7.88. The standard InChI is InChI=1S/C11H14N2O4S2.Na/c1-18-17-11-12-9-5-2-3-6-10(9)13(11)7-4-8-19(14,15)16;/h2-3,5-6H,4,7-8H2,1H3,(H,14,15,16);/q;+1/p-1. The smallest absolute Gasteiger partial charge is 0.748 e. The van der Waals surface area contributed by atoms with E-state index in [0.29, 0.717) is 12.6 Å². The van der Waals surface area contributed by atoms with E-state index in [1.54, 1.807) is 10.8 Å². The summed E-state index contributed by atoms with van der Waals surface area (Å²) in [7, 11) is -4.19. The molecule has 0 unspecified atom stereocenters. The average Bonchev–Trinajstić information content (AvgIpc) is 2.67. The summed E-state index contributed by atoms with van der Waals surface area (Å²) in [5, 5.41) is 0. The summed E-state index contributed by atoms with van der Waals surface area (Å²) in [6.07, 6.45) is 2.00. The number of rotatable bonds is 6. The van der Waals surface area contributed by atoms with Crippen LogP contribution in [0.2, 0.25) is 0 Å². The fourth-order valence-electron chi connectivity index (χ4n) is 1.81. The van der Waals surface area contributed by atoms with Crippen LogP contribution in [0, 0.1) is 0 Å². The van der Waals surface area contributed by atoms with Crippen LogP contribution in [0.3, 0.4) is 0 Å². The predicted octanol–water partition coefficient (Wildman–Crippen LogP) is -1.37. The van der Waals surface area contributed by atoms with E-state index >= 15 is 0 Å². The number of aryl methyl sites for hydroxylation is 1. The average molecular weight is 324 g/mol. The quantitative estimate of drug-likeness (QED) is 0.370. The van der Waals surface area contributed by atoms with Crippen molar-refractivity contribution in [3.63, 3.8) is 0 Å². The summed E-state index contributed by atoms with van der Waals surface area (Å²) in [6.45, 7) is 0.373. The van der Waals surface area contributed by atoms with Crippen LogP contribution in [0.4, 0.5) is 0 Å². The van der Waals surface area contributed by atoms with Gasteiger partial charge in [-0.15, -0.1) is 0 Å². The Labute approximate surface area is 144 Å². The molecule has 0 bridgehead atoms. The summed E-state index contributed by atoms with van der Waals surface area (Å²) in [5.74, 6) is -0.391. The Kier molecular flexibility index (Phi) is 6.83. The summed E-state index contributed by atoms with van der Waals surface area (Å²) in [5.41, 5.74) is 1.63. The van der Waals surface area contributed by atoms with Gasteiger partial charge in [0.15, 0.2) is 0 Å². The van der Waals surface area contributed by atoms with Gasteiger partial charge in [-0.1, -0.05) is 12.1 Å². The Balaban J connectivity index is 0.00000200. The van der Waals surface area contributed by atoms with Crippen LogP contribution < -0.4 is 33.7 Å². The number of fused-ring (bicyclic) bond motifs is 1. The van der Waals surface area contributed by atoms with Crippen LogP contribution in [-0.4, -0.2) is 34.5 Å². The first-order chi connectivity index (χ1) is 9.01. The molecule has 104 valence electrons. The van der Waals surface area contributed by atoms with Crippen molar-refractivity contribution in [2.45, 2.75) is 13.0 Å². The van der Waals surface area contributed by atoms with Gasteiger partial charge in [0.05, 0.1) is 33.2 Å². The fourth-order valence-corrected chi connectivity index (χ4v) is 2.57. The van der Waals surface area contributed by atoms with Gasteiger partial charge < -0.3 is 8.74 Å². The van der Waals surface area contributed by atoms with E-state index in [2.05, 4.69) is 4.98 Å². The number of nitrogens with zero attached hydrogens (tertiary/aromatic N) is 2. The van der Waals surface area contributed by atoms with Gasteiger partial charge in [0.1, 0.15) is 0 Å². The molecule has 0 atom stereocenters. The van der Waals surface area contributed by atoms with Crippen molar-refractivity contribution in [3.8, 4) is 6.01 Å². The number of hydrogen-bond acceptors (Lipinski definition) is 6. The molecular weight excluding hydrogens is 311 g/mol. The third-order valence-corrected chi connectivity index (χ3v) is 3.66. The molecule has 1 aromatic carbocycles. The largest absolute Gasteiger partial charge is 1.00 e. The first-order valence-corrected chi connectivity index (χ1v) is 8.33. The third kappa shape index (κ3) is 4.64. The second kappa shape index (κ2) is 7.67. The Morgan fingerprint density at radius 2 is 2.10 bits per heavy atom. The van der Waals surface area contributed by atoms with Crippen LogP contribution in [-0.2, 0) is 16.7 Å². The van der Waals surface area contributed by atoms with Crippen molar-refractivity contribution in [2.24, 2.45) is 0 Å². The van der Waals surface area contributed by atoms with Crippen LogP contribution in [0.15, 0.2) is 24.3 Å². The van der Waals surface area contributed by atoms with E-state index in [1.807, 2.05) is 24.3 Å². The van der Waals surface area contributed by atoms with E-state index in [-0.39, 0.29) is 36.0 Å². The molecule has 6 nitrogen and oxygen atoms in total. The molecule has 0 fully saturated rings. The summed E-state index contributed by atoms with van der Waals surface area (Å²) >= 11 is 1.16. The number of para-hydroxylation sites is 2. The molecule has 2 rings (SSSR count). The normalized spacial score (nSPS) is 11.3. The maximum absolute atomic E-state index is 10.6. The molecule has 2 aromatic rings. The van der Waals surface area contributed by atoms with Gasteiger partial charge in [-0.3, -0.25) is 4.57 Å². The van der Waals surface area contributed by atoms with Gasteiger partial charge in [-0.2, -0.15) is 4.98 Å².